The van der Waals surface area contributed by atoms with E-state index in [1.54, 1.807) is 6.20 Å². The number of nitrogens with zero attached hydrogens (tertiary/aromatic N) is 1. The molecule has 13 heavy (non-hydrogen) atoms. The Morgan fingerprint density at radius 3 is 2.46 bits per heavy atom. The molecule has 1 aliphatic carbocycles. The summed E-state index contributed by atoms with van der Waals surface area (Å²) >= 11 is 0. The van der Waals surface area contributed by atoms with Crippen LogP contribution < -0.4 is 5.73 Å². The van der Waals surface area contributed by atoms with Crippen LogP contribution in [-0.2, 0) is 5.41 Å². The molecule has 1 saturated carbocycles. The molecule has 0 atom stereocenters. The van der Waals surface area contributed by atoms with Gasteiger partial charge in [0, 0.05) is 24.4 Å². The maximum Gasteiger partial charge on any atom is 0.0306 e. The Morgan fingerprint density at radius 1 is 1.38 bits per heavy atom. The summed E-state index contributed by atoms with van der Waals surface area (Å²) in [6.45, 7) is 0.763. The predicted octanol–water partition coefficient (Wildman–Crippen LogP) is 1.92. The van der Waals surface area contributed by atoms with Gasteiger partial charge >= 0.3 is 0 Å². The van der Waals surface area contributed by atoms with E-state index in [-0.39, 0.29) is 24.8 Å². The average Bonchev–Trinajstić information content (AvgIpc) is 2.86. The van der Waals surface area contributed by atoms with Gasteiger partial charge in [0.15, 0.2) is 0 Å². The predicted molar refractivity (Wildman–Crippen MR) is 58.7 cm³/mol. The topological polar surface area (TPSA) is 38.9 Å². The summed E-state index contributed by atoms with van der Waals surface area (Å²) in [5, 5.41) is 0. The van der Waals surface area contributed by atoms with Gasteiger partial charge in [-0.3, -0.25) is 4.98 Å². The van der Waals surface area contributed by atoms with Crippen LogP contribution in [0.2, 0.25) is 0 Å². The first-order valence-corrected chi connectivity index (χ1v) is 3.98. The molecule has 0 aliphatic heterocycles. The van der Waals surface area contributed by atoms with E-state index < -0.39 is 0 Å². The quantitative estimate of drug-likeness (QED) is 0.828. The van der Waals surface area contributed by atoms with Crippen molar-refractivity contribution in [3.63, 3.8) is 0 Å². The van der Waals surface area contributed by atoms with Crippen LogP contribution >= 0.6 is 24.8 Å². The number of pyridine rings is 1. The molecule has 1 aliphatic rings. The van der Waals surface area contributed by atoms with Crippen molar-refractivity contribution in [1.29, 1.82) is 0 Å². The third-order valence-corrected chi connectivity index (χ3v) is 2.52. The average molecular weight is 221 g/mol. The first kappa shape index (κ1) is 12.7. The lowest BCUT2D eigenvalue weighted by atomic mass is 9.98. The van der Waals surface area contributed by atoms with Crippen LogP contribution in [0.3, 0.4) is 0 Å². The second-order valence-corrected chi connectivity index (χ2v) is 3.23. The molecule has 0 unspecified atom stereocenters. The summed E-state index contributed by atoms with van der Waals surface area (Å²) in [6.07, 6.45) is 6.19. The molecule has 74 valence electrons. The Kier molecular flexibility index (Phi) is 4.68. The van der Waals surface area contributed by atoms with E-state index in [1.807, 2.05) is 12.3 Å². The Balaban J connectivity index is 0.000000720. The molecule has 1 fully saturated rings. The minimum Gasteiger partial charge on any atom is -0.330 e. The fraction of sp³-hybridized carbons (Fsp3) is 0.444. The summed E-state index contributed by atoms with van der Waals surface area (Å²) in [5.41, 5.74) is 7.28. The van der Waals surface area contributed by atoms with Gasteiger partial charge in [0.05, 0.1) is 0 Å². The molecule has 4 heteroatoms. The summed E-state index contributed by atoms with van der Waals surface area (Å²) < 4.78 is 0. The van der Waals surface area contributed by atoms with Crippen LogP contribution in [0.1, 0.15) is 18.4 Å². The van der Waals surface area contributed by atoms with Crippen molar-refractivity contribution in [2.45, 2.75) is 18.3 Å². The highest BCUT2D eigenvalue weighted by Gasteiger charge is 2.42. The lowest BCUT2D eigenvalue weighted by molar-refractivity contribution is 0.701. The van der Waals surface area contributed by atoms with Crippen LogP contribution in [0, 0.1) is 0 Å². The molecule has 2 N–H and O–H groups in total. The highest BCUT2D eigenvalue weighted by molar-refractivity contribution is 5.85. The van der Waals surface area contributed by atoms with E-state index in [0.29, 0.717) is 5.41 Å². The maximum atomic E-state index is 5.67. The van der Waals surface area contributed by atoms with E-state index in [4.69, 9.17) is 5.73 Å². The Morgan fingerprint density at radius 2 is 2.08 bits per heavy atom. The minimum atomic E-state index is 0. The number of hydrogen-bond acceptors (Lipinski definition) is 2. The number of nitrogens with two attached hydrogens (primary N) is 1. The molecule has 0 spiro atoms. The van der Waals surface area contributed by atoms with Gasteiger partial charge in [0.2, 0.25) is 0 Å². The SMILES string of the molecule is Cl.Cl.NCC1(c2cccnc2)CC1. The zero-order valence-corrected chi connectivity index (χ0v) is 8.90. The molecular weight excluding hydrogens is 207 g/mol. The Labute approximate surface area is 90.8 Å². The third kappa shape index (κ3) is 2.33. The second-order valence-electron chi connectivity index (χ2n) is 3.23. The maximum absolute atomic E-state index is 5.67. The number of rotatable bonds is 2. The van der Waals surface area contributed by atoms with E-state index >= 15 is 0 Å². The first-order chi connectivity index (χ1) is 5.37. The van der Waals surface area contributed by atoms with E-state index in [1.165, 1.54) is 18.4 Å². The van der Waals surface area contributed by atoms with Crippen molar-refractivity contribution >= 4 is 24.8 Å². The standard InChI is InChI=1S/C9H12N2.2ClH/c10-7-9(3-4-9)8-2-1-5-11-6-8;;/h1-2,5-6H,3-4,7,10H2;2*1H. The zero-order chi connectivity index (χ0) is 7.73. The van der Waals surface area contributed by atoms with Crippen molar-refractivity contribution in [3.05, 3.63) is 30.1 Å². The van der Waals surface area contributed by atoms with E-state index in [0.717, 1.165) is 6.54 Å². The zero-order valence-electron chi connectivity index (χ0n) is 7.27. The van der Waals surface area contributed by atoms with Crippen LogP contribution in [-0.4, -0.2) is 11.5 Å². The lowest BCUT2D eigenvalue weighted by Gasteiger charge is -2.10. The monoisotopic (exact) mass is 220 g/mol. The molecule has 0 bridgehead atoms. The van der Waals surface area contributed by atoms with Crippen molar-refractivity contribution in [3.8, 4) is 0 Å². The molecule has 2 nitrogen and oxygen atoms in total. The number of halogens is 2. The van der Waals surface area contributed by atoms with Crippen molar-refractivity contribution < 1.29 is 0 Å². The van der Waals surface area contributed by atoms with Crippen LogP contribution in [0.5, 0.6) is 0 Å². The second kappa shape index (κ2) is 4.80. The number of hydrogen-bond donors (Lipinski definition) is 1. The molecule has 2 rings (SSSR count). The van der Waals surface area contributed by atoms with Crippen molar-refractivity contribution in [2.75, 3.05) is 6.54 Å². The molecule has 0 aromatic carbocycles. The third-order valence-electron chi connectivity index (χ3n) is 2.52. The van der Waals surface area contributed by atoms with Gasteiger partial charge in [-0.25, -0.2) is 0 Å². The molecule has 0 amide bonds. The molecule has 0 radical (unpaired) electrons. The molecule has 1 aromatic rings. The van der Waals surface area contributed by atoms with Gasteiger partial charge in [-0.2, -0.15) is 0 Å². The van der Waals surface area contributed by atoms with E-state index in [9.17, 15) is 0 Å². The molecular formula is C9H14Cl2N2. The van der Waals surface area contributed by atoms with Crippen molar-refractivity contribution in [1.82, 2.24) is 4.98 Å². The summed E-state index contributed by atoms with van der Waals surface area (Å²) in [6, 6.07) is 4.10. The van der Waals surface area contributed by atoms with Gasteiger partial charge in [-0.1, -0.05) is 6.07 Å². The Hall–Kier alpha value is -0.310. The van der Waals surface area contributed by atoms with Crippen LogP contribution in [0.25, 0.3) is 0 Å². The fourth-order valence-corrected chi connectivity index (χ4v) is 1.44. The lowest BCUT2D eigenvalue weighted by Crippen LogP contribution is -2.19. The van der Waals surface area contributed by atoms with Gasteiger partial charge in [0.1, 0.15) is 0 Å². The van der Waals surface area contributed by atoms with Gasteiger partial charge in [-0.05, 0) is 24.5 Å². The highest BCUT2D eigenvalue weighted by atomic mass is 35.5. The summed E-state index contributed by atoms with van der Waals surface area (Å²) in [7, 11) is 0. The molecule has 1 heterocycles. The normalized spacial score (nSPS) is 16.7. The fourth-order valence-electron chi connectivity index (χ4n) is 1.44. The summed E-state index contributed by atoms with van der Waals surface area (Å²) in [5.74, 6) is 0. The Bertz CT molecular complexity index is 247. The van der Waals surface area contributed by atoms with Gasteiger partial charge < -0.3 is 5.73 Å². The summed E-state index contributed by atoms with van der Waals surface area (Å²) in [4.78, 5) is 4.08. The minimum absolute atomic E-state index is 0. The largest absolute Gasteiger partial charge is 0.330 e. The number of aromatic nitrogens is 1. The first-order valence-electron chi connectivity index (χ1n) is 3.98. The van der Waals surface area contributed by atoms with Crippen LogP contribution in [0.4, 0.5) is 0 Å². The molecule has 0 saturated heterocycles. The van der Waals surface area contributed by atoms with E-state index in [2.05, 4.69) is 11.1 Å². The van der Waals surface area contributed by atoms with Crippen LogP contribution in [0.15, 0.2) is 24.5 Å². The van der Waals surface area contributed by atoms with Gasteiger partial charge in [-0.15, -0.1) is 24.8 Å². The molecule has 1 aromatic heterocycles. The van der Waals surface area contributed by atoms with Gasteiger partial charge in [0.25, 0.3) is 0 Å². The van der Waals surface area contributed by atoms with Crippen molar-refractivity contribution in [2.24, 2.45) is 5.73 Å². The smallest absolute Gasteiger partial charge is 0.0306 e. The highest BCUT2D eigenvalue weighted by Crippen LogP contribution is 2.46.